The van der Waals surface area contributed by atoms with Crippen molar-refractivity contribution >= 4 is 38.9 Å². The molecular formula is C24H25ClN2O4S. The van der Waals surface area contributed by atoms with Gasteiger partial charge in [0.15, 0.2) is 6.61 Å². The number of aryl methyl sites for hydroxylation is 2. The third-order valence-corrected chi connectivity index (χ3v) is 7.10. The van der Waals surface area contributed by atoms with Crippen LogP contribution in [-0.4, -0.2) is 28.0 Å². The number of rotatable bonds is 8. The van der Waals surface area contributed by atoms with Gasteiger partial charge in [0.2, 0.25) is 0 Å². The molecule has 0 aromatic heterocycles. The first-order valence-electron chi connectivity index (χ1n) is 10.1. The number of benzene rings is 3. The van der Waals surface area contributed by atoms with Crippen molar-refractivity contribution in [3.05, 3.63) is 82.9 Å². The fourth-order valence-corrected chi connectivity index (χ4v) is 4.50. The maximum atomic E-state index is 12.8. The third-order valence-electron chi connectivity index (χ3n) is 5.05. The molecule has 3 aromatic carbocycles. The Bertz CT molecular complexity index is 1190. The summed E-state index contributed by atoms with van der Waals surface area (Å²) in [6, 6.07) is 18.4. The molecule has 0 saturated carbocycles. The molecule has 0 fully saturated rings. The van der Waals surface area contributed by atoms with Gasteiger partial charge in [-0.3, -0.25) is 9.10 Å². The van der Waals surface area contributed by atoms with E-state index < -0.39 is 10.0 Å². The molecule has 3 aromatic rings. The normalized spacial score (nSPS) is 11.1. The molecule has 0 heterocycles. The Morgan fingerprint density at radius 3 is 2.31 bits per heavy atom. The van der Waals surface area contributed by atoms with Crippen LogP contribution < -0.4 is 14.4 Å². The Balaban J connectivity index is 1.63. The van der Waals surface area contributed by atoms with Gasteiger partial charge in [0.1, 0.15) is 5.75 Å². The van der Waals surface area contributed by atoms with Crippen LogP contribution in [0.25, 0.3) is 0 Å². The second kappa shape index (κ2) is 10.1. The molecule has 0 bridgehead atoms. The van der Waals surface area contributed by atoms with Crippen LogP contribution in [-0.2, 0) is 21.2 Å². The number of amides is 1. The minimum atomic E-state index is -3.72. The average molecular weight is 473 g/mol. The SMILES string of the molecule is CCc1cccc(C)c1NC(=O)COc1ccc(N(C)S(=O)(=O)c2ccc(Cl)cc2)cc1. The molecular weight excluding hydrogens is 448 g/mol. The Labute approximate surface area is 193 Å². The van der Waals surface area contributed by atoms with Crippen molar-refractivity contribution in [3.8, 4) is 5.75 Å². The fraction of sp³-hybridized carbons (Fsp3) is 0.208. The lowest BCUT2D eigenvalue weighted by Gasteiger charge is -2.20. The summed E-state index contributed by atoms with van der Waals surface area (Å²) < 4.78 is 32.3. The Morgan fingerprint density at radius 2 is 1.69 bits per heavy atom. The lowest BCUT2D eigenvalue weighted by atomic mass is 10.1. The van der Waals surface area contributed by atoms with Gasteiger partial charge in [-0.05, 0) is 73.0 Å². The number of nitrogens with zero attached hydrogens (tertiary/aromatic N) is 1. The number of carbonyl (C=O) groups is 1. The lowest BCUT2D eigenvalue weighted by Crippen LogP contribution is -2.26. The smallest absolute Gasteiger partial charge is 0.264 e. The van der Waals surface area contributed by atoms with Gasteiger partial charge in [0.05, 0.1) is 10.6 Å². The van der Waals surface area contributed by atoms with Crippen molar-refractivity contribution in [2.24, 2.45) is 0 Å². The van der Waals surface area contributed by atoms with Crippen LogP contribution in [0.2, 0.25) is 5.02 Å². The van der Waals surface area contributed by atoms with Crippen LogP contribution in [0, 0.1) is 6.92 Å². The highest BCUT2D eigenvalue weighted by atomic mass is 35.5. The average Bonchev–Trinajstić information content (AvgIpc) is 2.79. The van der Waals surface area contributed by atoms with Crippen LogP contribution in [0.3, 0.4) is 0 Å². The Morgan fingerprint density at radius 1 is 1.03 bits per heavy atom. The largest absolute Gasteiger partial charge is 0.484 e. The van der Waals surface area contributed by atoms with E-state index in [9.17, 15) is 13.2 Å². The van der Waals surface area contributed by atoms with E-state index in [1.165, 1.54) is 35.6 Å². The summed E-state index contributed by atoms with van der Waals surface area (Å²) >= 11 is 5.84. The quantitative estimate of drug-likeness (QED) is 0.497. The maximum Gasteiger partial charge on any atom is 0.264 e. The van der Waals surface area contributed by atoms with Gasteiger partial charge >= 0.3 is 0 Å². The molecule has 6 nitrogen and oxygen atoms in total. The second-order valence-corrected chi connectivity index (χ2v) is 9.63. The third kappa shape index (κ3) is 5.41. The number of hydrogen-bond acceptors (Lipinski definition) is 4. The van der Waals surface area contributed by atoms with E-state index in [1.54, 1.807) is 24.3 Å². The van der Waals surface area contributed by atoms with E-state index in [4.69, 9.17) is 16.3 Å². The van der Waals surface area contributed by atoms with Crippen LogP contribution in [0.5, 0.6) is 5.75 Å². The van der Waals surface area contributed by atoms with Gasteiger partial charge in [-0.25, -0.2) is 8.42 Å². The molecule has 168 valence electrons. The molecule has 0 atom stereocenters. The molecule has 0 spiro atoms. The maximum absolute atomic E-state index is 12.8. The van der Waals surface area contributed by atoms with Crippen LogP contribution in [0.15, 0.2) is 71.6 Å². The fourth-order valence-electron chi connectivity index (χ4n) is 3.18. The zero-order chi connectivity index (χ0) is 23.3. The van der Waals surface area contributed by atoms with Crippen LogP contribution in [0.1, 0.15) is 18.1 Å². The summed E-state index contributed by atoms with van der Waals surface area (Å²) in [5, 5.41) is 3.37. The molecule has 3 rings (SSSR count). The topological polar surface area (TPSA) is 75.7 Å². The predicted octanol–water partition coefficient (Wildman–Crippen LogP) is 5.05. The number of ether oxygens (including phenoxy) is 1. The van der Waals surface area contributed by atoms with Crippen molar-refractivity contribution in [2.45, 2.75) is 25.2 Å². The summed E-state index contributed by atoms with van der Waals surface area (Å²) in [5.41, 5.74) is 3.33. The van der Waals surface area contributed by atoms with E-state index in [0.29, 0.717) is 16.5 Å². The number of sulfonamides is 1. The second-order valence-electron chi connectivity index (χ2n) is 7.22. The lowest BCUT2D eigenvalue weighted by molar-refractivity contribution is -0.118. The highest BCUT2D eigenvalue weighted by molar-refractivity contribution is 7.92. The van der Waals surface area contributed by atoms with Gasteiger partial charge in [0.25, 0.3) is 15.9 Å². The first-order valence-corrected chi connectivity index (χ1v) is 11.9. The highest BCUT2D eigenvalue weighted by Gasteiger charge is 2.21. The molecule has 0 aliphatic carbocycles. The zero-order valence-electron chi connectivity index (χ0n) is 18.1. The molecule has 0 radical (unpaired) electrons. The minimum absolute atomic E-state index is 0.143. The van der Waals surface area contributed by atoms with Crippen LogP contribution >= 0.6 is 11.6 Å². The molecule has 8 heteroatoms. The molecule has 0 aliphatic heterocycles. The van der Waals surface area contributed by atoms with E-state index in [-0.39, 0.29) is 17.4 Å². The van der Waals surface area contributed by atoms with Crippen molar-refractivity contribution in [3.63, 3.8) is 0 Å². The van der Waals surface area contributed by atoms with Gasteiger partial charge in [0, 0.05) is 17.8 Å². The monoisotopic (exact) mass is 472 g/mol. The van der Waals surface area contributed by atoms with Crippen molar-refractivity contribution < 1.29 is 17.9 Å². The van der Waals surface area contributed by atoms with Crippen molar-refractivity contribution in [1.82, 2.24) is 0 Å². The van der Waals surface area contributed by atoms with Gasteiger partial charge in [-0.2, -0.15) is 0 Å². The number of carbonyl (C=O) groups excluding carboxylic acids is 1. The van der Waals surface area contributed by atoms with E-state index >= 15 is 0 Å². The molecule has 0 unspecified atom stereocenters. The van der Waals surface area contributed by atoms with Crippen LogP contribution in [0.4, 0.5) is 11.4 Å². The first-order chi connectivity index (χ1) is 15.2. The Kier molecular flexibility index (Phi) is 7.43. The zero-order valence-corrected chi connectivity index (χ0v) is 19.7. The van der Waals surface area contributed by atoms with Crippen molar-refractivity contribution in [1.29, 1.82) is 0 Å². The van der Waals surface area contributed by atoms with Crippen molar-refractivity contribution in [2.75, 3.05) is 23.3 Å². The number of para-hydroxylation sites is 1. The molecule has 1 amide bonds. The number of halogens is 1. The van der Waals surface area contributed by atoms with Gasteiger partial charge in [-0.15, -0.1) is 0 Å². The van der Waals surface area contributed by atoms with Gasteiger partial charge < -0.3 is 10.1 Å². The van der Waals surface area contributed by atoms with E-state index in [2.05, 4.69) is 5.32 Å². The highest BCUT2D eigenvalue weighted by Crippen LogP contribution is 2.25. The number of nitrogens with one attached hydrogen (secondary N) is 1. The summed E-state index contributed by atoms with van der Waals surface area (Å²) in [7, 11) is -2.25. The van der Waals surface area contributed by atoms with E-state index in [1.807, 2.05) is 32.0 Å². The summed E-state index contributed by atoms with van der Waals surface area (Å²) in [6.07, 6.45) is 0.812. The van der Waals surface area contributed by atoms with Gasteiger partial charge in [-0.1, -0.05) is 36.7 Å². The van der Waals surface area contributed by atoms with E-state index in [0.717, 1.165) is 23.2 Å². The summed E-state index contributed by atoms with van der Waals surface area (Å²) in [6.45, 7) is 3.82. The standard InChI is InChI=1S/C24H25ClN2O4S/c1-4-18-7-5-6-17(2)24(18)26-23(28)16-31-21-12-10-20(11-13-21)27(3)32(29,30)22-14-8-19(25)9-15-22/h5-15H,4,16H2,1-3H3,(H,26,28). The number of anilines is 2. The molecule has 0 saturated heterocycles. The predicted molar refractivity (Wildman–Crippen MR) is 128 cm³/mol. The molecule has 32 heavy (non-hydrogen) atoms. The minimum Gasteiger partial charge on any atom is -0.484 e. The summed E-state index contributed by atoms with van der Waals surface area (Å²) in [5.74, 6) is 0.196. The Hall–Kier alpha value is -3.03. The molecule has 0 aliphatic rings. The molecule has 1 N–H and O–H groups in total. The first kappa shape index (κ1) is 23.6. The summed E-state index contributed by atoms with van der Waals surface area (Å²) in [4.78, 5) is 12.5. The number of hydrogen-bond donors (Lipinski definition) is 1.